The molecule has 0 aliphatic carbocycles. The number of hydrogen-bond donors (Lipinski definition) is 0. The Kier molecular flexibility index (Phi) is 3.00. The molecule has 0 saturated heterocycles. The van der Waals surface area contributed by atoms with E-state index in [1.54, 1.807) is 6.20 Å². The summed E-state index contributed by atoms with van der Waals surface area (Å²) in [6, 6.07) is 9.58. The molecule has 1 heterocycles. The highest BCUT2D eigenvalue weighted by Crippen LogP contribution is 2.19. The van der Waals surface area contributed by atoms with Crippen LogP contribution >= 0.6 is 0 Å². The van der Waals surface area contributed by atoms with Crippen LogP contribution in [0.25, 0.3) is 0 Å². The lowest BCUT2D eigenvalue weighted by molar-refractivity contribution is 0.996. The predicted molar refractivity (Wildman–Crippen MR) is 62.1 cm³/mol. The molecule has 2 rings (SSSR count). The first-order valence-electron chi connectivity index (χ1n) is 5.03. The highest BCUT2D eigenvalue weighted by Gasteiger charge is 1.98. The van der Waals surface area contributed by atoms with Gasteiger partial charge in [-0.2, -0.15) is 5.11 Å². The number of benzene rings is 1. The van der Waals surface area contributed by atoms with Crippen LogP contribution < -0.4 is 0 Å². The molecule has 0 spiro atoms. The van der Waals surface area contributed by atoms with Gasteiger partial charge in [-0.25, -0.2) is 9.97 Å². The second-order valence-electron chi connectivity index (χ2n) is 3.42. The van der Waals surface area contributed by atoms with Crippen LogP contribution in [-0.4, -0.2) is 9.97 Å². The number of hydrogen-bond acceptors (Lipinski definition) is 4. The van der Waals surface area contributed by atoms with E-state index in [-0.39, 0.29) is 0 Å². The topological polar surface area (TPSA) is 50.5 Å². The number of nitrogens with zero attached hydrogens (tertiary/aromatic N) is 4. The zero-order valence-electron chi connectivity index (χ0n) is 9.25. The fourth-order valence-corrected chi connectivity index (χ4v) is 1.28. The molecule has 0 aliphatic heterocycles. The second kappa shape index (κ2) is 4.61. The molecule has 1 aromatic heterocycles. The lowest BCUT2D eigenvalue weighted by Gasteiger charge is -1.98. The predicted octanol–water partition coefficient (Wildman–Crippen LogP) is 3.51. The first-order chi connectivity index (χ1) is 7.75. The van der Waals surface area contributed by atoms with Crippen LogP contribution in [0.4, 0.5) is 11.4 Å². The molecule has 2 aromatic rings. The summed E-state index contributed by atoms with van der Waals surface area (Å²) in [5, 5.41) is 8.23. The first-order valence-corrected chi connectivity index (χ1v) is 5.03. The number of aryl methyl sites for hydroxylation is 2. The molecule has 0 radical (unpaired) electrons. The Balaban J connectivity index is 2.24. The molecule has 0 amide bonds. The van der Waals surface area contributed by atoms with Crippen molar-refractivity contribution in [3.8, 4) is 0 Å². The number of rotatable bonds is 2. The van der Waals surface area contributed by atoms with Gasteiger partial charge in [-0.1, -0.05) is 18.2 Å². The monoisotopic (exact) mass is 212 g/mol. The maximum absolute atomic E-state index is 4.22. The third kappa shape index (κ3) is 2.48. The van der Waals surface area contributed by atoms with Gasteiger partial charge in [0, 0.05) is 0 Å². The van der Waals surface area contributed by atoms with Crippen LogP contribution in [0.5, 0.6) is 0 Å². The van der Waals surface area contributed by atoms with Crippen LogP contribution in [0.1, 0.15) is 11.5 Å². The van der Waals surface area contributed by atoms with Crippen molar-refractivity contribution in [2.75, 3.05) is 0 Å². The van der Waals surface area contributed by atoms with E-state index in [1.165, 1.54) is 0 Å². The van der Waals surface area contributed by atoms with Crippen LogP contribution in [0.2, 0.25) is 0 Å². The minimum atomic E-state index is 0.703. The standard InChI is InChI=1S/C12H12N4/c1-9-12(8-13-10(2)14-9)16-15-11-6-4-3-5-7-11/h3-8H,1-2H3. The molecule has 16 heavy (non-hydrogen) atoms. The zero-order valence-corrected chi connectivity index (χ0v) is 9.25. The molecule has 80 valence electrons. The van der Waals surface area contributed by atoms with Gasteiger partial charge < -0.3 is 0 Å². The SMILES string of the molecule is Cc1ncc(N=Nc2ccccc2)c(C)n1. The van der Waals surface area contributed by atoms with Gasteiger partial charge in [-0.05, 0) is 26.0 Å². The average molecular weight is 212 g/mol. The van der Waals surface area contributed by atoms with Gasteiger partial charge >= 0.3 is 0 Å². The number of aromatic nitrogens is 2. The van der Waals surface area contributed by atoms with E-state index < -0.39 is 0 Å². The lowest BCUT2D eigenvalue weighted by atomic mass is 10.3. The molecular formula is C12H12N4. The van der Waals surface area contributed by atoms with E-state index in [0.717, 1.165) is 17.2 Å². The summed E-state index contributed by atoms with van der Waals surface area (Å²) >= 11 is 0. The van der Waals surface area contributed by atoms with Gasteiger partial charge in [0.2, 0.25) is 0 Å². The molecule has 0 aliphatic rings. The van der Waals surface area contributed by atoms with E-state index in [9.17, 15) is 0 Å². The number of azo groups is 1. The van der Waals surface area contributed by atoms with Gasteiger partial charge in [0.1, 0.15) is 11.5 Å². The molecule has 0 N–H and O–H groups in total. The third-order valence-corrected chi connectivity index (χ3v) is 2.10. The maximum atomic E-state index is 4.22. The van der Waals surface area contributed by atoms with Gasteiger partial charge in [0.25, 0.3) is 0 Å². The molecule has 0 saturated carbocycles. The average Bonchev–Trinajstić information content (AvgIpc) is 2.29. The van der Waals surface area contributed by atoms with Crippen molar-refractivity contribution in [1.82, 2.24) is 9.97 Å². The van der Waals surface area contributed by atoms with E-state index in [0.29, 0.717) is 5.69 Å². The van der Waals surface area contributed by atoms with E-state index >= 15 is 0 Å². The molecule has 1 aromatic carbocycles. The summed E-state index contributed by atoms with van der Waals surface area (Å²) in [6.45, 7) is 3.75. The zero-order chi connectivity index (χ0) is 11.4. The lowest BCUT2D eigenvalue weighted by Crippen LogP contribution is -1.89. The van der Waals surface area contributed by atoms with Crippen LogP contribution in [-0.2, 0) is 0 Å². The quantitative estimate of drug-likeness (QED) is 0.715. The van der Waals surface area contributed by atoms with Gasteiger partial charge in [-0.15, -0.1) is 5.11 Å². The molecule has 0 bridgehead atoms. The molecule has 4 heteroatoms. The van der Waals surface area contributed by atoms with Crippen molar-refractivity contribution in [3.63, 3.8) is 0 Å². The van der Waals surface area contributed by atoms with Crippen molar-refractivity contribution < 1.29 is 0 Å². The van der Waals surface area contributed by atoms with E-state index in [2.05, 4.69) is 20.2 Å². The van der Waals surface area contributed by atoms with Crippen molar-refractivity contribution in [1.29, 1.82) is 0 Å². The van der Waals surface area contributed by atoms with Gasteiger partial charge in [0.15, 0.2) is 0 Å². The van der Waals surface area contributed by atoms with Crippen LogP contribution in [0, 0.1) is 13.8 Å². The van der Waals surface area contributed by atoms with Crippen molar-refractivity contribution >= 4 is 11.4 Å². The minimum absolute atomic E-state index is 0.703. The Morgan fingerprint density at radius 1 is 1.00 bits per heavy atom. The second-order valence-corrected chi connectivity index (χ2v) is 3.42. The third-order valence-electron chi connectivity index (χ3n) is 2.10. The van der Waals surface area contributed by atoms with E-state index in [1.807, 2.05) is 44.2 Å². The Bertz CT molecular complexity index is 506. The van der Waals surface area contributed by atoms with Gasteiger partial charge in [0.05, 0.1) is 17.6 Å². The summed E-state index contributed by atoms with van der Waals surface area (Å²) in [7, 11) is 0. The highest BCUT2D eigenvalue weighted by atomic mass is 15.1. The summed E-state index contributed by atoms with van der Waals surface area (Å²) in [6.07, 6.45) is 1.68. The Labute approximate surface area is 94.1 Å². The maximum Gasteiger partial charge on any atom is 0.125 e. The summed E-state index contributed by atoms with van der Waals surface area (Å²) in [4.78, 5) is 8.31. The van der Waals surface area contributed by atoms with E-state index in [4.69, 9.17) is 0 Å². The smallest absolute Gasteiger partial charge is 0.125 e. The molecule has 0 atom stereocenters. The van der Waals surface area contributed by atoms with Gasteiger partial charge in [-0.3, -0.25) is 0 Å². The molecule has 4 nitrogen and oxygen atoms in total. The fourth-order valence-electron chi connectivity index (χ4n) is 1.28. The van der Waals surface area contributed by atoms with Crippen molar-refractivity contribution in [3.05, 3.63) is 48.0 Å². The fraction of sp³-hybridized carbons (Fsp3) is 0.167. The Morgan fingerprint density at radius 2 is 1.75 bits per heavy atom. The largest absolute Gasteiger partial charge is 0.239 e. The Hall–Kier alpha value is -2.10. The summed E-state index contributed by atoms with van der Waals surface area (Å²) in [5.41, 5.74) is 2.36. The molecular weight excluding hydrogens is 200 g/mol. The summed E-state index contributed by atoms with van der Waals surface area (Å²) in [5.74, 6) is 0.746. The summed E-state index contributed by atoms with van der Waals surface area (Å²) < 4.78 is 0. The van der Waals surface area contributed by atoms with Crippen LogP contribution in [0.3, 0.4) is 0 Å². The Morgan fingerprint density at radius 3 is 2.44 bits per heavy atom. The molecule has 0 fully saturated rings. The molecule has 0 unspecified atom stereocenters. The minimum Gasteiger partial charge on any atom is -0.239 e. The first kappa shape index (κ1) is 10.4. The highest BCUT2D eigenvalue weighted by molar-refractivity contribution is 5.40. The van der Waals surface area contributed by atoms with Crippen molar-refractivity contribution in [2.45, 2.75) is 13.8 Å². The van der Waals surface area contributed by atoms with Crippen LogP contribution in [0.15, 0.2) is 46.8 Å². The normalized spacial score (nSPS) is 10.9. The van der Waals surface area contributed by atoms with Crippen molar-refractivity contribution in [2.24, 2.45) is 10.2 Å².